The number of nitrogens with zero attached hydrogens (tertiary/aromatic N) is 1. The molecule has 0 bridgehead atoms. The molecule has 1 aliphatic carbocycles. The van der Waals surface area contributed by atoms with Gasteiger partial charge in [-0.2, -0.15) is 0 Å². The van der Waals surface area contributed by atoms with Gasteiger partial charge in [-0.25, -0.2) is 4.98 Å². The van der Waals surface area contributed by atoms with Crippen LogP contribution in [0.25, 0.3) is 0 Å². The number of carbonyl (C=O) groups is 1. The Morgan fingerprint density at radius 1 is 1.62 bits per heavy atom. The number of hydrogen-bond donors (Lipinski definition) is 2. The second-order valence-electron chi connectivity index (χ2n) is 5.28. The quantitative estimate of drug-likeness (QED) is 0.825. The largest absolute Gasteiger partial charge is 0.327 e. The zero-order valence-corrected chi connectivity index (χ0v) is 10.6. The molecule has 0 radical (unpaired) electrons. The van der Waals surface area contributed by atoms with Crippen molar-refractivity contribution in [3.05, 3.63) is 11.1 Å². The average Bonchev–Trinajstić information content (AvgIpc) is 2.71. The van der Waals surface area contributed by atoms with Gasteiger partial charge in [0.1, 0.15) is 0 Å². The Balaban J connectivity index is 2.00. The molecule has 1 amide bonds. The van der Waals surface area contributed by atoms with Crippen molar-refractivity contribution >= 4 is 22.4 Å². The van der Waals surface area contributed by atoms with E-state index in [1.54, 1.807) is 0 Å². The number of carbonyl (C=O) groups excluding carboxylic acids is 1. The summed E-state index contributed by atoms with van der Waals surface area (Å²) in [5, 5.41) is 5.48. The van der Waals surface area contributed by atoms with Gasteiger partial charge in [0.15, 0.2) is 5.13 Å². The molecule has 1 aliphatic rings. The number of anilines is 1. The highest BCUT2D eigenvalue weighted by atomic mass is 32.1. The minimum Gasteiger partial charge on any atom is -0.327 e. The summed E-state index contributed by atoms with van der Waals surface area (Å²) in [5.74, 6) is -0.00991. The first kappa shape index (κ1) is 11.5. The third kappa shape index (κ3) is 2.41. The molecule has 0 spiro atoms. The number of aromatic nitrogens is 1. The minimum atomic E-state index is -0.0120. The highest BCUT2D eigenvalue weighted by Gasteiger charge is 2.40. The molecule has 1 saturated carbocycles. The van der Waals surface area contributed by atoms with Crippen LogP contribution in [0, 0.1) is 5.92 Å². The Morgan fingerprint density at radius 3 is 2.69 bits per heavy atom. The summed E-state index contributed by atoms with van der Waals surface area (Å²) in [6.45, 7) is 6.30. The van der Waals surface area contributed by atoms with E-state index in [2.05, 4.69) is 31.1 Å². The van der Waals surface area contributed by atoms with Crippen LogP contribution in [0.3, 0.4) is 0 Å². The molecule has 0 saturated heterocycles. The molecular weight excluding hydrogens is 222 g/mol. The van der Waals surface area contributed by atoms with Crippen LogP contribution in [0.1, 0.15) is 32.9 Å². The first-order chi connectivity index (χ1) is 7.38. The van der Waals surface area contributed by atoms with Crippen molar-refractivity contribution in [2.24, 2.45) is 11.7 Å². The van der Waals surface area contributed by atoms with E-state index in [1.165, 1.54) is 11.3 Å². The van der Waals surface area contributed by atoms with Gasteiger partial charge in [0.05, 0.1) is 11.6 Å². The van der Waals surface area contributed by atoms with E-state index in [0.717, 1.165) is 12.1 Å². The summed E-state index contributed by atoms with van der Waals surface area (Å²) in [4.78, 5) is 16.0. The molecule has 1 fully saturated rings. The lowest BCUT2D eigenvalue weighted by atomic mass is 9.93. The van der Waals surface area contributed by atoms with E-state index in [9.17, 15) is 4.79 Å². The van der Waals surface area contributed by atoms with Crippen LogP contribution < -0.4 is 11.1 Å². The van der Waals surface area contributed by atoms with Crippen molar-refractivity contribution in [2.45, 2.75) is 38.6 Å². The lowest BCUT2D eigenvalue weighted by Crippen LogP contribution is -2.19. The summed E-state index contributed by atoms with van der Waals surface area (Å²) in [6.07, 6.45) is 0.795. The van der Waals surface area contributed by atoms with Gasteiger partial charge in [0.25, 0.3) is 0 Å². The number of rotatable bonds is 2. The van der Waals surface area contributed by atoms with Crippen LogP contribution >= 0.6 is 11.3 Å². The molecule has 5 heteroatoms. The van der Waals surface area contributed by atoms with Gasteiger partial charge in [0.2, 0.25) is 5.91 Å². The zero-order valence-electron chi connectivity index (χ0n) is 9.78. The van der Waals surface area contributed by atoms with E-state index >= 15 is 0 Å². The van der Waals surface area contributed by atoms with Crippen LogP contribution in [0.5, 0.6) is 0 Å². The molecular formula is C11H17N3OS. The van der Waals surface area contributed by atoms with Gasteiger partial charge in [-0.05, 0) is 6.42 Å². The number of nitrogens with one attached hydrogen (secondary N) is 1. The predicted molar refractivity (Wildman–Crippen MR) is 65.5 cm³/mol. The maximum absolute atomic E-state index is 11.6. The highest BCUT2D eigenvalue weighted by Crippen LogP contribution is 2.31. The van der Waals surface area contributed by atoms with E-state index in [1.807, 2.05) is 5.38 Å². The van der Waals surface area contributed by atoms with Crippen molar-refractivity contribution < 1.29 is 4.79 Å². The highest BCUT2D eigenvalue weighted by molar-refractivity contribution is 7.13. The summed E-state index contributed by atoms with van der Waals surface area (Å²) in [6, 6.07) is 0.0436. The Kier molecular flexibility index (Phi) is 2.75. The Morgan fingerprint density at radius 2 is 2.25 bits per heavy atom. The number of thiazole rings is 1. The fourth-order valence-corrected chi connectivity index (χ4v) is 2.33. The fraction of sp³-hybridized carbons (Fsp3) is 0.636. The molecule has 2 atom stereocenters. The van der Waals surface area contributed by atoms with E-state index in [-0.39, 0.29) is 23.3 Å². The molecule has 0 aliphatic heterocycles. The smallest absolute Gasteiger partial charge is 0.230 e. The minimum absolute atomic E-state index is 0.00214. The van der Waals surface area contributed by atoms with Crippen LogP contribution in [0.2, 0.25) is 0 Å². The van der Waals surface area contributed by atoms with Crippen molar-refractivity contribution in [1.82, 2.24) is 4.98 Å². The van der Waals surface area contributed by atoms with Crippen LogP contribution in [-0.4, -0.2) is 16.9 Å². The molecule has 1 aromatic heterocycles. The van der Waals surface area contributed by atoms with E-state index < -0.39 is 0 Å². The number of amides is 1. The molecule has 1 heterocycles. The molecule has 3 N–H and O–H groups in total. The Bertz CT molecular complexity index is 408. The monoisotopic (exact) mass is 239 g/mol. The van der Waals surface area contributed by atoms with Crippen LogP contribution in [0.4, 0.5) is 5.13 Å². The molecule has 2 unspecified atom stereocenters. The first-order valence-corrected chi connectivity index (χ1v) is 6.28. The lowest BCUT2D eigenvalue weighted by Gasteiger charge is -2.14. The van der Waals surface area contributed by atoms with Gasteiger partial charge >= 0.3 is 0 Å². The fourth-order valence-electron chi connectivity index (χ4n) is 1.39. The molecule has 16 heavy (non-hydrogen) atoms. The van der Waals surface area contributed by atoms with Crippen molar-refractivity contribution in [3.8, 4) is 0 Å². The van der Waals surface area contributed by atoms with Gasteiger partial charge in [0, 0.05) is 16.8 Å². The van der Waals surface area contributed by atoms with Crippen LogP contribution in [-0.2, 0) is 10.2 Å². The van der Waals surface area contributed by atoms with E-state index in [4.69, 9.17) is 5.73 Å². The summed E-state index contributed by atoms with van der Waals surface area (Å²) in [7, 11) is 0. The molecule has 0 aromatic carbocycles. The Labute approximate surface area is 99.3 Å². The molecule has 2 rings (SSSR count). The van der Waals surface area contributed by atoms with Gasteiger partial charge in [-0.15, -0.1) is 11.3 Å². The predicted octanol–water partition coefficient (Wildman–Crippen LogP) is 1.73. The standard InChI is InChI=1S/C11H17N3OS/c1-11(2,3)8-5-16-10(13-8)14-9(15)6-4-7(6)12/h5-7H,4,12H2,1-3H3,(H,13,14,15). The second kappa shape index (κ2) is 3.82. The van der Waals surface area contributed by atoms with Gasteiger partial charge in [-0.1, -0.05) is 20.8 Å². The van der Waals surface area contributed by atoms with Crippen molar-refractivity contribution in [2.75, 3.05) is 5.32 Å². The molecule has 88 valence electrons. The summed E-state index contributed by atoms with van der Waals surface area (Å²) < 4.78 is 0. The van der Waals surface area contributed by atoms with Crippen molar-refractivity contribution in [1.29, 1.82) is 0 Å². The maximum atomic E-state index is 11.6. The second-order valence-corrected chi connectivity index (χ2v) is 6.14. The number of hydrogen-bond acceptors (Lipinski definition) is 4. The normalized spacial score (nSPS) is 24.2. The Hall–Kier alpha value is -0.940. The molecule has 1 aromatic rings. The number of nitrogens with two attached hydrogens (primary N) is 1. The van der Waals surface area contributed by atoms with Crippen molar-refractivity contribution in [3.63, 3.8) is 0 Å². The lowest BCUT2D eigenvalue weighted by molar-refractivity contribution is -0.117. The molecule has 4 nitrogen and oxygen atoms in total. The SMILES string of the molecule is CC(C)(C)c1csc(NC(=O)C2CC2N)n1. The van der Waals surface area contributed by atoms with Gasteiger partial charge < -0.3 is 11.1 Å². The summed E-state index contributed by atoms with van der Waals surface area (Å²) >= 11 is 1.47. The zero-order chi connectivity index (χ0) is 11.9. The van der Waals surface area contributed by atoms with E-state index in [0.29, 0.717) is 5.13 Å². The third-order valence-corrected chi connectivity index (χ3v) is 3.44. The summed E-state index contributed by atoms with van der Waals surface area (Å²) in [5.41, 5.74) is 6.65. The first-order valence-electron chi connectivity index (χ1n) is 5.40. The van der Waals surface area contributed by atoms with Gasteiger partial charge in [-0.3, -0.25) is 4.79 Å². The third-order valence-electron chi connectivity index (χ3n) is 2.68. The van der Waals surface area contributed by atoms with Crippen LogP contribution in [0.15, 0.2) is 5.38 Å². The average molecular weight is 239 g/mol. The topological polar surface area (TPSA) is 68.0 Å². The maximum Gasteiger partial charge on any atom is 0.230 e.